The Labute approximate surface area is 121 Å². The Morgan fingerprint density at radius 3 is 2.90 bits per heavy atom. The van der Waals surface area contributed by atoms with Crippen molar-refractivity contribution >= 4 is 28.1 Å². The number of hydrogen-bond acceptors (Lipinski definition) is 4. The number of fused-ring (bicyclic) bond motifs is 1. The summed E-state index contributed by atoms with van der Waals surface area (Å²) in [7, 11) is 0. The van der Waals surface area contributed by atoms with Crippen molar-refractivity contribution in [1.29, 1.82) is 0 Å². The molecule has 2 aromatic rings. The van der Waals surface area contributed by atoms with E-state index >= 15 is 0 Å². The fourth-order valence-electron chi connectivity index (χ4n) is 2.59. The lowest BCUT2D eigenvalue weighted by molar-refractivity contribution is 0.0701. The van der Waals surface area contributed by atoms with Crippen molar-refractivity contribution in [3.8, 4) is 0 Å². The van der Waals surface area contributed by atoms with Gasteiger partial charge in [0.05, 0.1) is 5.69 Å². The third-order valence-electron chi connectivity index (χ3n) is 3.57. The zero-order valence-corrected chi connectivity index (χ0v) is 12.1. The number of carbonyl (C=O) groups is 1. The molecule has 1 N–H and O–H groups in total. The summed E-state index contributed by atoms with van der Waals surface area (Å²) in [5.41, 5.74) is 3.07. The lowest BCUT2D eigenvalue weighted by Crippen LogP contribution is -2.17. The van der Waals surface area contributed by atoms with Crippen molar-refractivity contribution in [2.75, 3.05) is 11.4 Å². The number of carboxylic acids is 1. The van der Waals surface area contributed by atoms with E-state index in [0.29, 0.717) is 10.6 Å². The molecule has 1 aliphatic rings. The van der Waals surface area contributed by atoms with Crippen LogP contribution in [0.15, 0.2) is 24.3 Å². The number of anilines is 2. The number of hydrogen-bond donors (Lipinski definition) is 1. The van der Waals surface area contributed by atoms with Crippen molar-refractivity contribution in [3.63, 3.8) is 0 Å². The molecule has 0 radical (unpaired) electrons. The predicted octanol–water partition coefficient (Wildman–Crippen LogP) is 3.62. The molecule has 0 bridgehead atoms. The number of aromatic carboxylic acids is 1. The van der Waals surface area contributed by atoms with Gasteiger partial charge >= 0.3 is 5.97 Å². The number of nitrogens with zero attached hydrogens (tertiary/aromatic N) is 2. The van der Waals surface area contributed by atoms with Crippen LogP contribution in [0.1, 0.15) is 33.8 Å². The van der Waals surface area contributed by atoms with Crippen LogP contribution < -0.4 is 4.90 Å². The van der Waals surface area contributed by atoms with Crippen LogP contribution in [-0.4, -0.2) is 22.6 Å². The smallest absolute Gasteiger partial charge is 0.347 e. The SMILES string of the molecule is Cc1nc(N2CCCCc3ccccc32)sc1C(=O)O. The number of thiazole rings is 1. The molecule has 0 saturated carbocycles. The molecule has 3 rings (SSSR count). The van der Waals surface area contributed by atoms with Gasteiger partial charge in [-0.3, -0.25) is 0 Å². The molecule has 1 aromatic carbocycles. The molecule has 0 amide bonds. The van der Waals surface area contributed by atoms with Gasteiger partial charge in [0.15, 0.2) is 5.13 Å². The molecule has 20 heavy (non-hydrogen) atoms. The molecule has 2 heterocycles. The van der Waals surface area contributed by atoms with Crippen LogP contribution in [0.3, 0.4) is 0 Å². The van der Waals surface area contributed by atoms with Gasteiger partial charge in [0.25, 0.3) is 0 Å². The lowest BCUT2D eigenvalue weighted by atomic mass is 10.1. The predicted molar refractivity (Wildman–Crippen MR) is 80.2 cm³/mol. The number of para-hydroxylation sites is 1. The van der Waals surface area contributed by atoms with E-state index < -0.39 is 5.97 Å². The van der Waals surface area contributed by atoms with Crippen molar-refractivity contribution < 1.29 is 9.90 Å². The maximum Gasteiger partial charge on any atom is 0.347 e. The van der Waals surface area contributed by atoms with Gasteiger partial charge in [-0.15, -0.1) is 0 Å². The number of rotatable bonds is 2. The molecule has 104 valence electrons. The van der Waals surface area contributed by atoms with Crippen LogP contribution in [0.2, 0.25) is 0 Å². The van der Waals surface area contributed by atoms with Crippen LogP contribution in [0.25, 0.3) is 0 Å². The highest BCUT2D eigenvalue weighted by Crippen LogP contribution is 2.35. The van der Waals surface area contributed by atoms with E-state index in [1.807, 2.05) is 6.07 Å². The Kier molecular flexibility index (Phi) is 3.44. The number of benzene rings is 1. The van der Waals surface area contributed by atoms with Crippen molar-refractivity contribution in [2.45, 2.75) is 26.2 Å². The highest BCUT2D eigenvalue weighted by atomic mass is 32.1. The van der Waals surface area contributed by atoms with Crippen LogP contribution in [0.4, 0.5) is 10.8 Å². The number of carboxylic acid groups (broad SMARTS) is 1. The Hall–Kier alpha value is -1.88. The summed E-state index contributed by atoms with van der Waals surface area (Å²) in [6, 6.07) is 8.32. The van der Waals surface area contributed by atoms with Crippen molar-refractivity contribution in [2.24, 2.45) is 0 Å². The summed E-state index contributed by atoms with van der Waals surface area (Å²) in [5, 5.41) is 9.97. The normalized spacial score (nSPS) is 14.8. The minimum absolute atomic E-state index is 0.335. The zero-order valence-electron chi connectivity index (χ0n) is 11.3. The van der Waals surface area contributed by atoms with Gasteiger partial charge in [0.1, 0.15) is 4.88 Å². The molecule has 1 aliphatic heterocycles. The topological polar surface area (TPSA) is 53.4 Å². The second kappa shape index (κ2) is 5.25. The summed E-state index contributed by atoms with van der Waals surface area (Å²) < 4.78 is 0. The summed E-state index contributed by atoms with van der Waals surface area (Å²) in [6.45, 7) is 2.65. The summed E-state index contributed by atoms with van der Waals surface area (Å²) >= 11 is 1.26. The zero-order chi connectivity index (χ0) is 14.1. The van der Waals surface area contributed by atoms with Crippen LogP contribution in [0.5, 0.6) is 0 Å². The van der Waals surface area contributed by atoms with E-state index in [-0.39, 0.29) is 0 Å². The Morgan fingerprint density at radius 1 is 1.35 bits per heavy atom. The van der Waals surface area contributed by atoms with Crippen molar-refractivity contribution in [1.82, 2.24) is 4.98 Å². The summed E-state index contributed by atoms with van der Waals surface area (Å²) in [6.07, 6.45) is 3.32. The third-order valence-corrected chi connectivity index (χ3v) is 4.74. The molecule has 0 fully saturated rings. The fraction of sp³-hybridized carbons (Fsp3) is 0.333. The van der Waals surface area contributed by atoms with Crippen LogP contribution in [-0.2, 0) is 6.42 Å². The van der Waals surface area contributed by atoms with E-state index in [4.69, 9.17) is 0 Å². The molecular formula is C15H16N2O2S. The summed E-state index contributed by atoms with van der Waals surface area (Å²) in [5.74, 6) is -0.894. The van der Waals surface area contributed by atoms with Gasteiger partial charge in [0, 0.05) is 12.2 Å². The first-order valence-electron chi connectivity index (χ1n) is 6.73. The third kappa shape index (κ3) is 2.29. The first-order chi connectivity index (χ1) is 9.66. The average molecular weight is 288 g/mol. The van der Waals surface area contributed by atoms with Gasteiger partial charge in [0.2, 0.25) is 0 Å². The molecule has 5 heteroatoms. The van der Waals surface area contributed by atoms with Gasteiger partial charge in [-0.25, -0.2) is 9.78 Å². The second-order valence-corrected chi connectivity index (χ2v) is 5.93. The summed E-state index contributed by atoms with van der Waals surface area (Å²) in [4.78, 5) is 18.1. The van der Waals surface area contributed by atoms with E-state index in [9.17, 15) is 9.90 Å². The Balaban J connectivity index is 2.05. The number of aryl methyl sites for hydroxylation is 2. The molecule has 0 atom stereocenters. The van der Waals surface area contributed by atoms with Crippen molar-refractivity contribution in [3.05, 3.63) is 40.4 Å². The van der Waals surface area contributed by atoms with Gasteiger partial charge in [-0.2, -0.15) is 0 Å². The van der Waals surface area contributed by atoms with Crippen LogP contribution in [0, 0.1) is 6.92 Å². The minimum Gasteiger partial charge on any atom is -0.477 e. The lowest BCUT2D eigenvalue weighted by Gasteiger charge is -2.21. The highest BCUT2D eigenvalue weighted by Gasteiger charge is 2.22. The molecule has 0 saturated heterocycles. The second-order valence-electron chi connectivity index (χ2n) is 4.95. The highest BCUT2D eigenvalue weighted by molar-refractivity contribution is 7.17. The molecule has 4 nitrogen and oxygen atoms in total. The first kappa shape index (κ1) is 13.1. The standard InChI is InChI=1S/C15H16N2O2S/c1-10-13(14(18)19)20-15(16-10)17-9-5-4-7-11-6-2-3-8-12(11)17/h2-3,6,8H,4-5,7,9H2,1H3,(H,18,19). The van der Waals surface area contributed by atoms with Gasteiger partial charge < -0.3 is 10.0 Å². The Bertz CT molecular complexity index is 651. The minimum atomic E-state index is -0.894. The van der Waals surface area contributed by atoms with Gasteiger partial charge in [-0.05, 0) is 37.8 Å². The molecule has 0 aliphatic carbocycles. The monoisotopic (exact) mass is 288 g/mol. The maximum absolute atomic E-state index is 11.2. The van der Waals surface area contributed by atoms with E-state index in [1.54, 1.807) is 6.92 Å². The Morgan fingerprint density at radius 2 is 2.15 bits per heavy atom. The molecule has 1 aromatic heterocycles. The first-order valence-corrected chi connectivity index (χ1v) is 7.54. The van der Waals surface area contributed by atoms with E-state index in [1.165, 1.54) is 16.9 Å². The van der Waals surface area contributed by atoms with E-state index in [2.05, 4.69) is 28.1 Å². The average Bonchev–Trinajstić information content (AvgIpc) is 2.70. The van der Waals surface area contributed by atoms with Crippen LogP contribution >= 0.6 is 11.3 Å². The fourth-order valence-corrected chi connectivity index (χ4v) is 3.53. The van der Waals surface area contributed by atoms with E-state index in [0.717, 1.165) is 36.6 Å². The number of aromatic nitrogens is 1. The quantitative estimate of drug-likeness (QED) is 0.917. The molecule has 0 spiro atoms. The maximum atomic E-state index is 11.2. The molecule has 0 unspecified atom stereocenters. The largest absolute Gasteiger partial charge is 0.477 e. The van der Waals surface area contributed by atoms with Gasteiger partial charge in [-0.1, -0.05) is 29.5 Å². The molecular weight excluding hydrogens is 272 g/mol.